The first-order valence-corrected chi connectivity index (χ1v) is 7.90. The Morgan fingerprint density at radius 3 is 2.86 bits per heavy atom. The number of benzene rings is 1. The van der Waals surface area contributed by atoms with E-state index in [2.05, 4.69) is 31.1 Å². The fourth-order valence-corrected chi connectivity index (χ4v) is 3.21. The van der Waals surface area contributed by atoms with Crippen molar-refractivity contribution in [2.24, 2.45) is 0 Å². The smallest absolute Gasteiger partial charge is 0.146 e. The van der Waals surface area contributed by atoms with Gasteiger partial charge in [-0.1, -0.05) is 30.1 Å². The molecule has 1 aromatic carbocycles. The van der Waals surface area contributed by atoms with Gasteiger partial charge in [0.1, 0.15) is 23.2 Å². The van der Waals surface area contributed by atoms with Gasteiger partial charge in [-0.25, -0.2) is 9.67 Å². The van der Waals surface area contributed by atoms with E-state index >= 15 is 0 Å². The zero-order valence-electron chi connectivity index (χ0n) is 11.2. The Hall–Kier alpha value is -1.44. The molecule has 0 aliphatic heterocycles. The van der Waals surface area contributed by atoms with E-state index in [9.17, 15) is 0 Å². The van der Waals surface area contributed by atoms with E-state index < -0.39 is 0 Å². The van der Waals surface area contributed by atoms with Gasteiger partial charge >= 0.3 is 0 Å². The summed E-state index contributed by atoms with van der Waals surface area (Å²) in [5, 5.41) is 8.47. The lowest BCUT2D eigenvalue weighted by Gasteiger charge is -2.10. The Bertz CT molecular complexity index is 768. The molecule has 2 aromatic heterocycles. The van der Waals surface area contributed by atoms with E-state index in [0.29, 0.717) is 27.6 Å². The summed E-state index contributed by atoms with van der Waals surface area (Å²) >= 11 is 13.5. The molecule has 0 aliphatic carbocycles. The molecule has 0 bridgehead atoms. The zero-order chi connectivity index (χ0) is 14.8. The zero-order valence-corrected chi connectivity index (χ0v) is 13.5. The molecule has 6 nitrogen and oxygen atoms in total. The number of nitrogens with zero attached hydrogens (tertiary/aromatic N) is 5. The predicted molar refractivity (Wildman–Crippen MR) is 85.1 cm³/mol. The first-order chi connectivity index (χ1) is 10.2. The van der Waals surface area contributed by atoms with Crippen LogP contribution in [0.1, 0.15) is 19.2 Å². The SMILES string of the molecule is CCCn1ncnc1CNc1c(Cl)cc(Cl)c2nsnc12. The number of fused-ring (bicyclic) bond motifs is 1. The van der Waals surface area contributed by atoms with E-state index in [4.69, 9.17) is 23.2 Å². The van der Waals surface area contributed by atoms with Crippen LogP contribution in [0, 0.1) is 0 Å². The van der Waals surface area contributed by atoms with Crippen molar-refractivity contribution >= 4 is 51.7 Å². The minimum Gasteiger partial charge on any atom is -0.375 e. The quantitative estimate of drug-likeness (QED) is 0.766. The van der Waals surface area contributed by atoms with Crippen LogP contribution >= 0.6 is 34.9 Å². The lowest BCUT2D eigenvalue weighted by Crippen LogP contribution is -2.10. The molecule has 0 spiro atoms. The van der Waals surface area contributed by atoms with Gasteiger partial charge in [-0.05, 0) is 12.5 Å². The summed E-state index contributed by atoms with van der Waals surface area (Å²) in [6, 6.07) is 1.67. The molecule has 3 rings (SSSR count). The number of aromatic nitrogens is 5. The topological polar surface area (TPSA) is 68.5 Å². The van der Waals surface area contributed by atoms with Crippen LogP contribution in [0.5, 0.6) is 0 Å². The van der Waals surface area contributed by atoms with Gasteiger partial charge in [-0.2, -0.15) is 13.8 Å². The van der Waals surface area contributed by atoms with Crippen LogP contribution in [-0.4, -0.2) is 23.5 Å². The monoisotopic (exact) mass is 342 g/mol. The Labute approximate surface area is 135 Å². The molecule has 110 valence electrons. The molecule has 0 saturated carbocycles. The van der Waals surface area contributed by atoms with Gasteiger partial charge in [-0.3, -0.25) is 0 Å². The number of nitrogens with one attached hydrogen (secondary N) is 1. The summed E-state index contributed by atoms with van der Waals surface area (Å²) in [6.45, 7) is 3.44. The highest BCUT2D eigenvalue weighted by atomic mass is 35.5. The molecule has 0 radical (unpaired) electrons. The van der Waals surface area contributed by atoms with Crippen LogP contribution < -0.4 is 5.32 Å². The molecule has 0 atom stereocenters. The standard InChI is InChI=1S/C12H12Cl2N6S/c1-2-3-20-9(16-6-17-20)5-15-10-7(13)4-8(14)11-12(10)19-21-18-11/h4,6,15H,2-3,5H2,1H3. The van der Waals surface area contributed by atoms with Crippen molar-refractivity contribution in [3.05, 3.63) is 28.3 Å². The molecule has 0 fully saturated rings. The van der Waals surface area contributed by atoms with Crippen LogP contribution in [0.3, 0.4) is 0 Å². The second-order valence-electron chi connectivity index (χ2n) is 4.43. The molecule has 2 heterocycles. The molecule has 9 heteroatoms. The van der Waals surface area contributed by atoms with E-state index in [1.165, 1.54) is 0 Å². The number of hydrogen-bond donors (Lipinski definition) is 1. The molecular weight excluding hydrogens is 331 g/mol. The fourth-order valence-electron chi connectivity index (χ4n) is 2.03. The third-order valence-electron chi connectivity index (χ3n) is 3.00. The maximum absolute atomic E-state index is 6.25. The molecule has 0 saturated heterocycles. The van der Waals surface area contributed by atoms with Gasteiger partial charge in [0, 0.05) is 6.54 Å². The average Bonchev–Trinajstić information content (AvgIpc) is 3.08. The summed E-state index contributed by atoms with van der Waals surface area (Å²) in [7, 11) is 0. The van der Waals surface area contributed by atoms with E-state index in [1.54, 1.807) is 12.4 Å². The molecule has 0 unspecified atom stereocenters. The summed E-state index contributed by atoms with van der Waals surface area (Å²) < 4.78 is 10.3. The Kier molecular flexibility index (Phi) is 4.23. The number of rotatable bonds is 5. The fraction of sp³-hybridized carbons (Fsp3) is 0.333. The number of halogens is 2. The Morgan fingerprint density at radius 2 is 2.05 bits per heavy atom. The Morgan fingerprint density at radius 1 is 1.24 bits per heavy atom. The minimum absolute atomic E-state index is 0.503. The van der Waals surface area contributed by atoms with Crippen molar-refractivity contribution in [1.29, 1.82) is 0 Å². The summed E-state index contributed by atoms with van der Waals surface area (Å²) in [6.07, 6.45) is 2.55. The number of aryl methyl sites for hydroxylation is 1. The normalized spacial score (nSPS) is 11.2. The van der Waals surface area contributed by atoms with Gasteiger partial charge in [0.15, 0.2) is 0 Å². The van der Waals surface area contributed by atoms with Crippen LogP contribution in [0.25, 0.3) is 11.0 Å². The van der Waals surface area contributed by atoms with Gasteiger partial charge in [0.2, 0.25) is 0 Å². The van der Waals surface area contributed by atoms with E-state index in [0.717, 1.165) is 36.2 Å². The molecule has 21 heavy (non-hydrogen) atoms. The molecule has 3 aromatic rings. The van der Waals surface area contributed by atoms with Crippen molar-refractivity contribution in [3.63, 3.8) is 0 Å². The third-order valence-corrected chi connectivity index (χ3v) is 4.11. The summed E-state index contributed by atoms with van der Waals surface area (Å²) in [4.78, 5) is 4.25. The predicted octanol–water partition coefficient (Wildman–Crippen LogP) is 3.61. The van der Waals surface area contributed by atoms with Crippen LogP contribution in [-0.2, 0) is 13.1 Å². The average molecular weight is 343 g/mol. The van der Waals surface area contributed by atoms with Gasteiger partial charge in [-0.15, -0.1) is 0 Å². The van der Waals surface area contributed by atoms with Crippen LogP contribution in [0.4, 0.5) is 5.69 Å². The summed E-state index contributed by atoms with van der Waals surface area (Å²) in [5.41, 5.74) is 2.05. The largest absolute Gasteiger partial charge is 0.375 e. The van der Waals surface area contributed by atoms with Crippen LogP contribution in [0.2, 0.25) is 10.0 Å². The maximum Gasteiger partial charge on any atom is 0.146 e. The number of anilines is 1. The van der Waals surface area contributed by atoms with Crippen molar-refractivity contribution in [3.8, 4) is 0 Å². The second-order valence-corrected chi connectivity index (χ2v) is 5.77. The highest BCUT2D eigenvalue weighted by Gasteiger charge is 2.14. The molecule has 0 amide bonds. The van der Waals surface area contributed by atoms with E-state index in [-0.39, 0.29) is 0 Å². The lowest BCUT2D eigenvalue weighted by molar-refractivity contribution is 0.574. The van der Waals surface area contributed by atoms with Crippen LogP contribution in [0.15, 0.2) is 12.4 Å². The summed E-state index contributed by atoms with van der Waals surface area (Å²) in [5.74, 6) is 0.846. The lowest BCUT2D eigenvalue weighted by atomic mass is 10.2. The second kappa shape index (κ2) is 6.13. The minimum atomic E-state index is 0.503. The third kappa shape index (κ3) is 2.81. The molecule has 0 aliphatic rings. The Balaban J connectivity index is 1.88. The first kappa shape index (κ1) is 14.5. The highest BCUT2D eigenvalue weighted by Crippen LogP contribution is 2.35. The van der Waals surface area contributed by atoms with E-state index in [1.807, 2.05) is 4.68 Å². The van der Waals surface area contributed by atoms with Gasteiger partial charge in [0.05, 0.1) is 34.0 Å². The first-order valence-electron chi connectivity index (χ1n) is 6.41. The van der Waals surface area contributed by atoms with Crippen molar-refractivity contribution < 1.29 is 0 Å². The number of hydrogen-bond acceptors (Lipinski definition) is 6. The highest BCUT2D eigenvalue weighted by molar-refractivity contribution is 7.00. The van der Waals surface area contributed by atoms with Crippen molar-refractivity contribution in [2.45, 2.75) is 26.4 Å². The maximum atomic E-state index is 6.25. The molecule has 1 N–H and O–H groups in total. The van der Waals surface area contributed by atoms with Gasteiger partial charge < -0.3 is 5.32 Å². The van der Waals surface area contributed by atoms with Crippen molar-refractivity contribution in [2.75, 3.05) is 5.32 Å². The van der Waals surface area contributed by atoms with Crippen molar-refractivity contribution in [1.82, 2.24) is 23.5 Å². The van der Waals surface area contributed by atoms with Gasteiger partial charge in [0.25, 0.3) is 0 Å². The molecular formula is C12H12Cl2N6S.